The van der Waals surface area contributed by atoms with Crippen LogP contribution in [0.2, 0.25) is 0 Å². The van der Waals surface area contributed by atoms with E-state index in [1.165, 1.54) is 11.1 Å². The lowest BCUT2D eigenvalue weighted by atomic mass is 9.99. The van der Waals surface area contributed by atoms with E-state index in [0.29, 0.717) is 6.42 Å². The van der Waals surface area contributed by atoms with Crippen LogP contribution in [0, 0.1) is 0 Å². The summed E-state index contributed by atoms with van der Waals surface area (Å²) < 4.78 is 1.02. The van der Waals surface area contributed by atoms with Gasteiger partial charge in [0, 0.05) is 16.7 Å². The van der Waals surface area contributed by atoms with Crippen LogP contribution in [0.4, 0.5) is 5.69 Å². The number of carbonyl (C=O) groups is 1. The zero-order valence-corrected chi connectivity index (χ0v) is 13.2. The Morgan fingerprint density at radius 1 is 1.19 bits per heavy atom. The Morgan fingerprint density at radius 2 is 2.00 bits per heavy atom. The Bertz CT molecular complexity index is 652. The van der Waals surface area contributed by atoms with Gasteiger partial charge >= 0.3 is 0 Å². The fourth-order valence-corrected chi connectivity index (χ4v) is 2.90. The molecule has 0 aliphatic carbocycles. The minimum atomic E-state index is 0.0317. The molecule has 2 N–H and O–H groups in total. The van der Waals surface area contributed by atoms with E-state index >= 15 is 0 Å². The van der Waals surface area contributed by atoms with Gasteiger partial charge < -0.3 is 10.6 Å². The van der Waals surface area contributed by atoms with Crippen molar-refractivity contribution in [2.45, 2.75) is 19.4 Å². The number of rotatable bonds is 3. The highest BCUT2D eigenvalue weighted by molar-refractivity contribution is 9.10. The van der Waals surface area contributed by atoms with Crippen molar-refractivity contribution in [2.24, 2.45) is 0 Å². The van der Waals surface area contributed by atoms with Gasteiger partial charge in [-0.3, -0.25) is 4.79 Å². The number of hydrogen-bond acceptors (Lipinski definition) is 2. The molecule has 0 bridgehead atoms. The van der Waals surface area contributed by atoms with E-state index in [9.17, 15) is 4.79 Å². The number of halogens is 1. The van der Waals surface area contributed by atoms with Gasteiger partial charge in [-0.25, -0.2) is 0 Å². The van der Waals surface area contributed by atoms with Crippen LogP contribution in [0.15, 0.2) is 46.9 Å². The van der Waals surface area contributed by atoms with Gasteiger partial charge in [-0.2, -0.15) is 0 Å². The van der Waals surface area contributed by atoms with Crippen LogP contribution in [0.1, 0.15) is 16.7 Å². The molecule has 0 fully saturated rings. The van der Waals surface area contributed by atoms with Crippen LogP contribution in [-0.2, 0) is 24.2 Å². The first kappa shape index (κ1) is 14.3. The molecule has 1 amide bonds. The summed E-state index contributed by atoms with van der Waals surface area (Å²) in [6.07, 6.45) is 1.36. The van der Waals surface area contributed by atoms with Gasteiger partial charge in [-0.1, -0.05) is 40.2 Å². The van der Waals surface area contributed by atoms with Crippen LogP contribution in [0.3, 0.4) is 0 Å². The second-order valence-electron chi connectivity index (χ2n) is 5.22. The highest BCUT2D eigenvalue weighted by Gasteiger charge is 2.14. The molecule has 2 aromatic rings. The first-order valence-electron chi connectivity index (χ1n) is 7.08. The highest BCUT2D eigenvalue weighted by Crippen LogP contribution is 2.23. The predicted molar refractivity (Wildman–Crippen MR) is 88.3 cm³/mol. The lowest BCUT2D eigenvalue weighted by molar-refractivity contribution is -0.115. The summed E-state index contributed by atoms with van der Waals surface area (Å²) in [5, 5.41) is 6.40. The van der Waals surface area contributed by atoms with E-state index in [-0.39, 0.29) is 5.91 Å². The monoisotopic (exact) mass is 344 g/mol. The molecular weight excluding hydrogens is 328 g/mol. The van der Waals surface area contributed by atoms with Crippen molar-refractivity contribution in [3.8, 4) is 0 Å². The van der Waals surface area contributed by atoms with Crippen molar-refractivity contribution in [3.05, 3.63) is 63.6 Å². The molecule has 0 unspecified atom stereocenters. The van der Waals surface area contributed by atoms with Gasteiger partial charge in [0.1, 0.15) is 0 Å². The second kappa shape index (κ2) is 6.41. The Kier molecular flexibility index (Phi) is 4.36. The fraction of sp³-hybridized carbons (Fsp3) is 0.235. The van der Waals surface area contributed by atoms with E-state index in [1.807, 2.05) is 36.4 Å². The molecule has 0 aromatic heterocycles. The number of anilines is 1. The Morgan fingerprint density at radius 3 is 2.81 bits per heavy atom. The molecule has 4 heteroatoms. The van der Waals surface area contributed by atoms with E-state index in [2.05, 4.69) is 32.6 Å². The molecule has 0 radical (unpaired) electrons. The molecule has 1 heterocycles. The summed E-state index contributed by atoms with van der Waals surface area (Å²) in [5.41, 5.74) is 4.52. The quantitative estimate of drug-likeness (QED) is 0.897. The van der Waals surface area contributed by atoms with Crippen LogP contribution >= 0.6 is 15.9 Å². The van der Waals surface area contributed by atoms with Crippen molar-refractivity contribution in [1.29, 1.82) is 0 Å². The van der Waals surface area contributed by atoms with E-state index < -0.39 is 0 Å². The lowest BCUT2D eigenvalue weighted by Gasteiger charge is -2.20. The molecule has 0 saturated carbocycles. The highest BCUT2D eigenvalue weighted by atomic mass is 79.9. The van der Waals surface area contributed by atoms with Crippen LogP contribution in [0.5, 0.6) is 0 Å². The number of carbonyl (C=O) groups excluding carboxylic acids is 1. The maximum atomic E-state index is 12.2. The summed E-state index contributed by atoms with van der Waals surface area (Å²) in [6.45, 7) is 1.85. The van der Waals surface area contributed by atoms with Gasteiger partial charge in [0.25, 0.3) is 0 Å². The Hall–Kier alpha value is -1.65. The molecule has 0 saturated heterocycles. The third-order valence-corrected chi connectivity index (χ3v) is 4.22. The Labute approximate surface area is 132 Å². The number of amides is 1. The minimum Gasteiger partial charge on any atom is -0.326 e. The molecule has 0 atom stereocenters. The second-order valence-corrected chi connectivity index (χ2v) is 6.14. The third kappa shape index (κ3) is 3.52. The topological polar surface area (TPSA) is 41.1 Å². The number of hydrogen-bond donors (Lipinski definition) is 2. The van der Waals surface area contributed by atoms with Crippen molar-refractivity contribution < 1.29 is 4.79 Å². The molecule has 3 rings (SSSR count). The van der Waals surface area contributed by atoms with Crippen LogP contribution in [-0.4, -0.2) is 12.5 Å². The Balaban J connectivity index is 1.71. The maximum absolute atomic E-state index is 12.2. The molecule has 1 aliphatic rings. The van der Waals surface area contributed by atoms with E-state index in [0.717, 1.165) is 35.2 Å². The predicted octanol–water partition coefficient (Wildman–Crippen LogP) is 3.28. The normalized spacial score (nSPS) is 13.6. The SMILES string of the molecule is O=C(Cc1ccc(Br)cc1)Nc1cccc2c1CCNC2. The number of benzene rings is 2. The van der Waals surface area contributed by atoms with Crippen molar-refractivity contribution in [3.63, 3.8) is 0 Å². The molecule has 3 nitrogen and oxygen atoms in total. The first-order chi connectivity index (χ1) is 10.2. The summed E-state index contributed by atoms with van der Waals surface area (Å²) in [4.78, 5) is 12.2. The standard InChI is InChI=1S/C17H17BrN2O/c18-14-6-4-12(5-7-14)10-17(21)20-16-3-1-2-13-11-19-9-8-15(13)16/h1-7,19H,8-11H2,(H,20,21). The zero-order chi connectivity index (χ0) is 14.7. The van der Waals surface area contributed by atoms with Crippen molar-refractivity contribution in [1.82, 2.24) is 5.32 Å². The number of nitrogens with one attached hydrogen (secondary N) is 2. The van der Waals surface area contributed by atoms with Gasteiger partial charge in [-0.15, -0.1) is 0 Å². The first-order valence-corrected chi connectivity index (χ1v) is 7.87. The molecular formula is C17H17BrN2O. The third-order valence-electron chi connectivity index (χ3n) is 3.69. The molecule has 108 valence electrons. The zero-order valence-electron chi connectivity index (χ0n) is 11.7. The maximum Gasteiger partial charge on any atom is 0.228 e. The average molecular weight is 345 g/mol. The molecule has 2 aromatic carbocycles. The van der Waals surface area contributed by atoms with Crippen LogP contribution in [0.25, 0.3) is 0 Å². The fourth-order valence-electron chi connectivity index (χ4n) is 2.63. The van der Waals surface area contributed by atoms with Crippen molar-refractivity contribution >= 4 is 27.5 Å². The summed E-state index contributed by atoms with van der Waals surface area (Å²) in [6, 6.07) is 14.0. The largest absolute Gasteiger partial charge is 0.326 e. The smallest absolute Gasteiger partial charge is 0.228 e. The van der Waals surface area contributed by atoms with Gasteiger partial charge in [0.05, 0.1) is 6.42 Å². The summed E-state index contributed by atoms with van der Waals surface area (Å²) >= 11 is 3.40. The van der Waals surface area contributed by atoms with E-state index in [1.54, 1.807) is 0 Å². The minimum absolute atomic E-state index is 0.0317. The molecule has 1 aliphatic heterocycles. The summed E-state index contributed by atoms with van der Waals surface area (Å²) in [5.74, 6) is 0.0317. The molecule has 21 heavy (non-hydrogen) atoms. The van der Waals surface area contributed by atoms with Crippen LogP contribution < -0.4 is 10.6 Å². The van der Waals surface area contributed by atoms with Crippen molar-refractivity contribution in [2.75, 3.05) is 11.9 Å². The number of fused-ring (bicyclic) bond motifs is 1. The van der Waals surface area contributed by atoms with E-state index in [4.69, 9.17) is 0 Å². The van der Waals surface area contributed by atoms with Gasteiger partial charge in [0.15, 0.2) is 0 Å². The lowest BCUT2D eigenvalue weighted by Crippen LogP contribution is -2.25. The summed E-state index contributed by atoms with van der Waals surface area (Å²) in [7, 11) is 0. The van der Waals surface area contributed by atoms with Gasteiger partial charge in [-0.05, 0) is 47.9 Å². The average Bonchev–Trinajstić information content (AvgIpc) is 2.50. The molecule has 0 spiro atoms. The van der Waals surface area contributed by atoms with Gasteiger partial charge in [0.2, 0.25) is 5.91 Å².